The highest BCUT2D eigenvalue weighted by Gasteiger charge is 2.16. The van der Waals surface area contributed by atoms with Crippen molar-refractivity contribution in [2.45, 2.75) is 26.1 Å². The average molecular weight is 406 g/mol. The molecule has 0 saturated heterocycles. The molecule has 0 fully saturated rings. The van der Waals surface area contributed by atoms with Crippen molar-refractivity contribution in [1.29, 1.82) is 0 Å². The first kappa shape index (κ1) is 20.4. The van der Waals surface area contributed by atoms with Crippen LogP contribution in [0, 0.1) is 0 Å². The maximum Gasteiger partial charge on any atom is 0.419 e. The monoisotopic (exact) mass is 406 g/mol. The second-order valence-electron chi connectivity index (χ2n) is 6.35. The molecule has 1 amide bonds. The highest BCUT2D eigenvalue weighted by atomic mass is 19.3. The number of para-hydroxylation sites is 2. The Balaban J connectivity index is 1.66. The Morgan fingerprint density at radius 3 is 2.69 bits per heavy atom. The molecule has 2 aromatic carbocycles. The van der Waals surface area contributed by atoms with E-state index in [9.17, 15) is 18.4 Å². The maximum absolute atomic E-state index is 12.6. The van der Waals surface area contributed by atoms with E-state index in [0.29, 0.717) is 16.7 Å². The molecule has 3 rings (SSSR count). The molecule has 0 aliphatic carbocycles. The molecule has 0 N–H and O–H groups in total. The largest absolute Gasteiger partial charge is 0.493 e. The second kappa shape index (κ2) is 8.76. The van der Waals surface area contributed by atoms with Crippen LogP contribution in [0.3, 0.4) is 0 Å². The SMILES string of the molecule is COc1ccc(CN(C)C(=O)CCn2c(=O)oc3ccccc32)cc1OC(F)F. The normalized spacial score (nSPS) is 11.1. The molecule has 1 heterocycles. The first-order valence-corrected chi connectivity index (χ1v) is 8.83. The van der Waals surface area contributed by atoms with Gasteiger partial charge in [0.25, 0.3) is 0 Å². The summed E-state index contributed by atoms with van der Waals surface area (Å²) >= 11 is 0. The minimum absolute atomic E-state index is 0.0798. The van der Waals surface area contributed by atoms with Crippen molar-refractivity contribution < 1.29 is 27.5 Å². The van der Waals surface area contributed by atoms with Gasteiger partial charge in [0.05, 0.1) is 12.6 Å². The van der Waals surface area contributed by atoms with Gasteiger partial charge in [-0.05, 0) is 29.8 Å². The predicted molar refractivity (Wildman–Crippen MR) is 101 cm³/mol. The molecule has 0 bridgehead atoms. The van der Waals surface area contributed by atoms with Crippen molar-refractivity contribution >= 4 is 17.0 Å². The van der Waals surface area contributed by atoms with Gasteiger partial charge in [-0.3, -0.25) is 9.36 Å². The fourth-order valence-corrected chi connectivity index (χ4v) is 2.99. The molecule has 0 aliphatic heterocycles. The Morgan fingerprint density at radius 2 is 1.97 bits per heavy atom. The number of nitrogens with zero attached hydrogens (tertiary/aromatic N) is 2. The van der Waals surface area contributed by atoms with E-state index >= 15 is 0 Å². The smallest absolute Gasteiger partial charge is 0.419 e. The van der Waals surface area contributed by atoms with Crippen LogP contribution in [0.1, 0.15) is 12.0 Å². The van der Waals surface area contributed by atoms with E-state index in [1.54, 1.807) is 37.4 Å². The molecule has 0 unspecified atom stereocenters. The summed E-state index contributed by atoms with van der Waals surface area (Å²) in [6.07, 6.45) is 0.0798. The number of aromatic nitrogens is 1. The number of alkyl halides is 2. The molecule has 9 heteroatoms. The zero-order chi connectivity index (χ0) is 21.0. The second-order valence-corrected chi connectivity index (χ2v) is 6.35. The summed E-state index contributed by atoms with van der Waals surface area (Å²) in [6, 6.07) is 11.5. The van der Waals surface area contributed by atoms with Gasteiger partial charge in [-0.15, -0.1) is 0 Å². The Morgan fingerprint density at radius 1 is 1.21 bits per heavy atom. The topological polar surface area (TPSA) is 73.9 Å². The fraction of sp³-hybridized carbons (Fsp3) is 0.300. The summed E-state index contributed by atoms with van der Waals surface area (Å²) in [5.41, 5.74) is 1.68. The van der Waals surface area contributed by atoms with Crippen LogP contribution in [0.2, 0.25) is 0 Å². The Labute approximate surface area is 165 Å². The van der Waals surface area contributed by atoms with Crippen LogP contribution in [-0.2, 0) is 17.9 Å². The molecular weight excluding hydrogens is 386 g/mol. The van der Waals surface area contributed by atoms with E-state index < -0.39 is 12.4 Å². The van der Waals surface area contributed by atoms with E-state index in [1.165, 1.54) is 28.7 Å². The van der Waals surface area contributed by atoms with Crippen LogP contribution in [0.5, 0.6) is 11.5 Å². The summed E-state index contributed by atoms with van der Waals surface area (Å²) in [7, 11) is 2.95. The summed E-state index contributed by atoms with van der Waals surface area (Å²) in [6.45, 7) is -2.63. The highest BCUT2D eigenvalue weighted by Crippen LogP contribution is 2.30. The number of hydrogen-bond acceptors (Lipinski definition) is 5. The average Bonchev–Trinajstić information content (AvgIpc) is 3.01. The Kier molecular flexibility index (Phi) is 6.16. The highest BCUT2D eigenvalue weighted by molar-refractivity contribution is 5.76. The fourth-order valence-electron chi connectivity index (χ4n) is 2.99. The third kappa shape index (κ3) is 4.74. The molecule has 7 nitrogen and oxygen atoms in total. The zero-order valence-electron chi connectivity index (χ0n) is 15.9. The van der Waals surface area contributed by atoms with Gasteiger partial charge in [0.15, 0.2) is 17.1 Å². The number of aryl methyl sites for hydroxylation is 1. The summed E-state index contributed by atoms with van der Waals surface area (Å²) in [5, 5.41) is 0. The van der Waals surface area contributed by atoms with E-state index in [2.05, 4.69) is 4.74 Å². The first-order valence-electron chi connectivity index (χ1n) is 8.83. The third-order valence-electron chi connectivity index (χ3n) is 4.41. The summed E-state index contributed by atoms with van der Waals surface area (Å²) in [5.74, 6) is -0.661. The van der Waals surface area contributed by atoms with Gasteiger partial charge in [-0.2, -0.15) is 8.78 Å². The van der Waals surface area contributed by atoms with Crippen LogP contribution in [0.25, 0.3) is 11.1 Å². The van der Waals surface area contributed by atoms with Crippen molar-refractivity contribution in [3.63, 3.8) is 0 Å². The van der Waals surface area contributed by atoms with Gasteiger partial charge >= 0.3 is 12.4 Å². The van der Waals surface area contributed by atoms with E-state index in [0.717, 1.165) is 0 Å². The lowest BCUT2D eigenvalue weighted by atomic mass is 10.2. The summed E-state index contributed by atoms with van der Waals surface area (Å²) in [4.78, 5) is 25.9. The lowest BCUT2D eigenvalue weighted by Crippen LogP contribution is -2.28. The van der Waals surface area contributed by atoms with Gasteiger partial charge in [-0.25, -0.2) is 4.79 Å². The van der Waals surface area contributed by atoms with Gasteiger partial charge in [-0.1, -0.05) is 18.2 Å². The van der Waals surface area contributed by atoms with Crippen LogP contribution in [-0.4, -0.2) is 36.1 Å². The van der Waals surface area contributed by atoms with E-state index in [-0.39, 0.29) is 36.9 Å². The zero-order valence-corrected chi connectivity index (χ0v) is 15.9. The van der Waals surface area contributed by atoms with Gasteiger partial charge in [0.2, 0.25) is 5.91 Å². The van der Waals surface area contributed by atoms with Gasteiger partial charge in [0, 0.05) is 26.6 Å². The molecule has 0 radical (unpaired) electrons. The molecular formula is C20H20F2N2O5. The van der Waals surface area contributed by atoms with Crippen LogP contribution < -0.4 is 15.2 Å². The molecule has 1 aromatic heterocycles. The third-order valence-corrected chi connectivity index (χ3v) is 4.41. The molecule has 29 heavy (non-hydrogen) atoms. The lowest BCUT2D eigenvalue weighted by Gasteiger charge is -2.18. The predicted octanol–water partition coefficient (Wildman–Crippen LogP) is 3.25. The number of hydrogen-bond donors (Lipinski definition) is 0. The van der Waals surface area contributed by atoms with Crippen LogP contribution in [0.4, 0.5) is 8.78 Å². The Hall–Kier alpha value is -3.36. The first-order chi connectivity index (χ1) is 13.9. The number of ether oxygens (including phenoxy) is 2. The number of carbonyl (C=O) groups is 1. The quantitative estimate of drug-likeness (QED) is 0.574. The number of methoxy groups -OCH3 is 1. The van der Waals surface area contributed by atoms with Crippen molar-refractivity contribution in [2.24, 2.45) is 0 Å². The summed E-state index contributed by atoms with van der Waals surface area (Å²) < 4.78 is 41.1. The van der Waals surface area contributed by atoms with Crippen molar-refractivity contribution in [1.82, 2.24) is 9.47 Å². The van der Waals surface area contributed by atoms with E-state index in [1.807, 2.05) is 0 Å². The number of rotatable bonds is 8. The van der Waals surface area contributed by atoms with Gasteiger partial charge < -0.3 is 18.8 Å². The number of amides is 1. The minimum atomic E-state index is -2.98. The molecule has 3 aromatic rings. The number of carbonyl (C=O) groups excluding carboxylic acids is 1. The Bertz CT molecular complexity index is 1060. The number of halogens is 2. The van der Waals surface area contributed by atoms with Crippen molar-refractivity contribution in [3.05, 3.63) is 58.6 Å². The molecule has 0 saturated carbocycles. The van der Waals surface area contributed by atoms with Crippen molar-refractivity contribution in [3.8, 4) is 11.5 Å². The number of benzene rings is 2. The van der Waals surface area contributed by atoms with Crippen LogP contribution in [0.15, 0.2) is 51.7 Å². The standard InChI is InChI=1S/C20H20F2N2O5/c1-23(12-13-7-8-16(27-2)17(11-13)28-19(21)22)18(25)9-10-24-14-5-3-4-6-15(14)29-20(24)26/h3-8,11,19H,9-10,12H2,1-2H3. The maximum atomic E-state index is 12.6. The molecule has 0 aliphatic rings. The molecule has 0 atom stereocenters. The molecule has 154 valence electrons. The molecule has 0 spiro atoms. The lowest BCUT2D eigenvalue weighted by molar-refractivity contribution is -0.130. The van der Waals surface area contributed by atoms with Crippen LogP contribution >= 0.6 is 0 Å². The number of fused-ring (bicyclic) bond motifs is 1. The minimum Gasteiger partial charge on any atom is -0.493 e. The van der Waals surface area contributed by atoms with Gasteiger partial charge in [0.1, 0.15) is 0 Å². The van der Waals surface area contributed by atoms with E-state index in [4.69, 9.17) is 9.15 Å². The van der Waals surface area contributed by atoms with Crippen molar-refractivity contribution in [2.75, 3.05) is 14.2 Å². The number of oxazole rings is 1.